The summed E-state index contributed by atoms with van der Waals surface area (Å²) in [6.07, 6.45) is 9.10. The van der Waals surface area contributed by atoms with Crippen molar-refractivity contribution in [3.05, 3.63) is 45.6 Å². The van der Waals surface area contributed by atoms with Crippen LogP contribution in [0, 0.1) is 12.8 Å². The number of aromatic nitrogens is 4. The molecule has 7 heteroatoms. The van der Waals surface area contributed by atoms with Crippen LogP contribution in [0.2, 0.25) is 0 Å². The molecule has 27 heavy (non-hydrogen) atoms. The molecule has 1 saturated carbocycles. The molecule has 2 fully saturated rings. The number of carbonyl (C=O) groups is 1. The van der Waals surface area contributed by atoms with Crippen molar-refractivity contribution in [2.24, 2.45) is 5.92 Å². The van der Waals surface area contributed by atoms with Crippen LogP contribution in [0.3, 0.4) is 0 Å². The van der Waals surface area contributed by atoms with Crippen molar-refractivity contribution in [3.8, 4) is 0 Å². The Morgan fingerprint density at radius 2 is 1.93 bits per heavy atom. The van der Waals surface area contributed by atoms with Crippen LogP contribution in [0.25, 0.3) is 0 Å². The summed E-state index contributed by atoms with van der Waals surface area (Å²) >= 11 is 0. The maximum atomic E-state index is 12.7. The number of aryl methyl sites for hydroxylation is 1. The van der Waals surface area contributed by atoms with E-state index in [0.29, 0.717) is 23.1 Å². The van der Waals surface area contributed by atoms with Crippen LogP contribution in [-0.2, 0) is 6.54 Å². The summed E-state index contributed by atoms with van der Waals surface area (Å²) < 4.78 is 1.98. The van der Waals surface area contributed by atoms with Gasteiger partial charge in [0.05, 0.1) is 5.69 Å². The van der Waals surface area contributed by atoms with Crippen molar-refractivity contribution in [1.82, 2.24) is 24.9 Å². The van der Waals surface area contributed by atoms with Crippen molar-refractivity contribution < 1.29 is 4.79 Å². The molecule has 0 aromatic carbocycles. The largest absolute Gasteiger partial charge is 0.339 e. The highest BCUT2D eigenvalue weighted by atomic mass is 16.2. The molecule has 0 unspecified atom stereocenters. The monoisotopic (exact) mass is 369 g/mol. The van der Waals surface area contributed by atoms with Crippen LogP contribution in [0.5, 0.6) is 0 Å². The zero-order valence-electron chi connectivity index (χ0n) is 15.9. The second-order valence-electron chi connectivity index (χ2n) is 8.00. The van der Waals surface area contributed by atoms with Crippen molar-refractivity contribution in [2.75, 3.05) is 13.1 Å². The minimum Gasteiger partial charge on any atom is -0.339 e. The first-order chi connectivity index (χ1) is 13.1. The van der Waals surface area contributed by atoms with Crippen molar-refractivity contribution in [2.45, 2.75) is 57.9 Å². The third-order valence-electron chi connectivity index (χ3n) is 5.90. The maximum Gasteiger partial charge on any atom is 0.254 e. The topological polar surface area (TPSA) is 83.9 Å². The number of aromatic amines is 1. The minimum atomic E-state index is -0.225. The predicted molar refractivity (Wildman–Crippen MR) is 102 cm³/mol. The zero-order valence-corrected chi connectivity index (χ0v) is 15.9. The lowest BCUT2D eigenvalue weighted by molar-refractivity contribution is 0.0680. The molecule has 1 N–H and O–H groups in total. The molecule has 2 aliphatic rings. The van der Waals surface area contributed by atoms with Crippen LogP contribution in [-0.4, -0.2) is 43.9 Å². The zero-order chi connectivity index (χ0) is 18.8. The quantitative estimate of drug-likeness (QED) is 0.897. The number of amides is 1. The summed E-state index contributed by atoms with van der Waals surface area (Å²) in [5, 5.41) is 8.70. The smallest absolute Gasteiger partial charge is 0.254 e. The number of nitrogens with zero attached hydrogens (tertiary/aromatic N) is 4. The molecule has 2 aromatic rings. The summed E-state index contributed by atoms with van der Waals surface area (Å²) in [7, 11) is 0. The number of carbonyl (C=O) groups excluding carboxylic acids is 1. The molecule has 1 aliphatic heterocycles. The Balaban J connectivity index is 1.32. The van der Waals surface area contributed by atoms with Gasteiger partial charge >= 0.3 is 0 Å². The van der Waals surface area contributed by atoms with Crippen LogP contribution < -0.4 is 5.56 Å². The lowest BCUT2D eigenvalue weighted by atomic mass is 9.96. The Hall–Kier alpha value is -2.44. The van der Waals surface area contributed by atoms with Crippen LogP contribution in [0.4, 0.5) is 0 Å². The average molecular weight is 369 g/mol. The van der Waals surface area contributed by atoms with Gasteiger partial charge in [-0.25, -0.2) is 0 Å². The molecule has 2 aromatic heterocycles. The Kier molecular flexibility index (Phi) is 5.09. The third kappa shape index (κ3) is 4.12. The van der Waals surface area contributed by atoms with E-state index in [1.165, 1.54) is 31.7 Å². The van der Waals surface area contributed by atoms with E-state index in [2.05, 4.69) is 21.5 Å². The molecule has 7 nitrogen and oxygen atoms in total. The number of nitrogens with one attached hydrogen (secondary N) is 1. The van der Waals surface area contributed by atoms with Crippen LogP contribution in [0.1, 0.15) is 66.2 Å². The molecular formula is C20H27N5O2. The summed E-state index contributed by atoms with van der Waals surface area (Å²) in [5.41, 5.74) is 2.11. The summed E-state index contributed by atoms with van der Waals surface area (Å²) in [5.74, 6) is 1.05. The Bertz CT molecular complexity index is 857. The van der Waals surface area contributed by atoms with E-state index in [4.69, 9.17) is 0 Å². The van der Waals surface area contributed by atoms with Gasteiger partial charge in [-0.1, -0.05) is 18.1 Å². The molecule has 0 spiro atoms. The molecular weight excluding hydrogens is 342 g/mol. The van der Waals surface area contributed by atoms with Gasteiger partial charge in [-0.15, -0.1) is 5.10 Å². The average Bonchev–Trinajstić information content (AvgIpc) is 3.32. The minimum absolute atomic E-state index is 0.0491. The van der Waals surface area contributed by atoms with E-state index in [1.807, 2.05) is 9.58 Å². The van der Waals surface area contributed by atoms with Gasteiger partial charge in [0, 0.05) is 49.1 Å². The van der Waals surface area contributed by atoms with Gasteiger partial charge < -0.3 is 9.88 Å². The lowest BCUT2D eigenvalue weighted by Gasteiger charge is -2.32. The Labute approximate surface area is 158 Å². The molecule has 1 amide bonds. The Morgan fingerprint density at radius 1 is 1.19 bits per heavy atom. The van der Waals surface area contributed by atoms with Gasteiger partial charge in [0.2, 0.25) is 5.56 Å². The summed E-state index contributed by atoms with van der Waals surface area (Å²) in [4.78, 5) is 28.8. The number of piperidine rings is 1. The van der Waals surface area contributed by atoms with E-state index in [-0.39, 0.29) is 11.5 Å². The molecule has 1 aliphatic carbocycles. The second kappa shape index (κ2) is 7.66. The van der Waals surface area contributed by atoms with Gasteiger partial charge in [0.1, 0.15) is 0 Å². The van der Waals surface area contributed by atoms with Crippen molar-refractivity contribution >= 4 is 5.91 Å². The first-order valence-electron chi connectivity index (χ1n) is 9.99. The Morgan fingerprint density at radius 3 is 2.63 bits per heavy atom. The number of likely N-dealkylation sites (tertiary alicyclic amines) is 1. The molecule has 4 rings (SSSR count). The van der Waals surface area contributed by atoms with Crippen LogP contribution in [0.15, 0.2) is 23.1 Å². The molecule has 0 atom stereocenters. The van der Waals surface area contributed by atoms with Crippen LogP contribution >= 0.6 is 0 Å². The van der Waals surface area contributed by atoms with Crippen molar-refractivity contribution in [1.29, 1.82) is 0 Å². The maximum absolute atomic E-state index is 12.7. The molecule has 0 bridgehead atoms. The summed E-state index contributed by atoms with van der Waals surface area (Å²) in [6.45, 7) is 4.10. The first-order valence-corrected chi connectivity index (χ1v) is 9.99. The first kappa shape index (κ1) is 17.9. The predicted octanol–water partition coefficient (Wildman–Crippen LogP) is 2.48. The fourth-order valence-corrected chi connectivity index (χ4v) is 4.38. The van der Waals surface area contributed by atoms with E-state index >= 15 is 0 Å². The van der Waals surface area contributed by atoms with Gasteiger partial charge in [0.15, 0.2) is 0 Å². The van der Waals surface area contributed by atoms with Gasteiger partial charge in [-0.05, 0) is 44.6 Å². The third-order valence-corrected chi connectivity index (χ3v) is 5.90. The number of hydrogen-bond acceptors (Lipinski definition) is 4. The van der Waals surface area contributed by atoms with Gasteiger partial charge in [-0.3, -0.25) is 14.3 Å². The number of rotatable bonds is 4. The van der Waals surface area contributed by atoms with E-state index in [0.717, 1.165) is 38.2 Å². The van der Waals surface area contributed by atoms with Gasteiger partial charge in [-0.2, -0.15) is 0 Å². The fourth-order valence-electron chi connectivity index (χ4n) is 4.38. The lowest BCUT2D eigenvalue weighted by Crippen LogP contribution is -2.39. The molecule has 1 saturated heterocycles. The van der Waals surface area contributed by atoms with E-state index in [9.17, 15) is 9.59 Å². The van der Waals surface area contributed by atoms with E-state index < -0.39 is 0 Å². The molecule has 0 radical (unpaired) electrons. The standard InChI is InChI=1S/C20H27N5O2/c1-14-10-17(11-19(26)21-14)20(27)24-8-6-15(7-9-24)12-25-13-18(22-23-25)16-4-2-3-5-16/h10-11,13,15-16H,2-9,12H2,1H3,(H,21,26). The highest BCUT2D eigenvalue weighted by molar-refractivity contribution is 5.94. The number of pyridine rings is 1. The normalized spacial score (nSPS) is 18.9. The molecule has 3 heterocycles. The highest BCUT2D eigenvalue weighted by Crippen LogP contribution is 2.32. The SMILES string of the molecule is Cc1cc(C(=O)N2CCC(Cn3cc(C4CCCC4)nn3)CC2)cc(=O)[nH]1. The number of hydrogen-bond donors (Lipinski definition) is 1. The highest BCUT2D eigenvalue weighted by Gasteiger charge is 2.25. The van der Waals surface area contributed by atoms with Crippen molar-refractivity contribution in [3.63, 3.8) is 0 Å². The fraction of sp³-hybridized carbons (Fsp3) is 0.600. The number of H-pyrrole nitrogens is 1. The second-order valence-corrected chi connectivity index (χ2v) is 8.00. The van der Waals surface area contributed by atoms with E-state index in [1.54, 1.807) is 13.0 Å². The molecule has 144 valence electrons. The summed E-state index contributed by atoms with van der Waals surface area (Å²) in [6, 6.07) is 3.14. The van der Waals surface area contributed by atoms with Gasteiger partial charge in [0.25, 0.3) is 5.91 Å².